The van der Waals surface area contributed by atoms with Gasteiger partial charge < -0.3 is 0 Å². The lowest BCUT2D eigenvalue weighted by Gasteiger charge is -2.03. The van der Waals surface area contributed by atoms with Gasteiger partial charge in [-0.3, -0.25) is 9.59 Å². The largest absolute Gasteiger partial charge is 0.273 e. The van der Waals surface area contributed by atoms with E-state index < -0.39 is 0 Å². The number of carbonyl (C=O) groups is 2. The van der Waals surface area contributed by atoms with Gasteiger partial charge >= 0.3 is 0 Å². The van der Waals surface area contributed by atoms with Crippen molar-refractivity contribution in [1.82, 2.24) is 10.9 Å². The summed E-state index contributed by atoms with van der Waals surface area (Å²) in [5.41, 5.74) is 5.05. The molecule has 2 N–H and O–H groups in total. The standard InChI is InChI=1S/C18H34N4O2/c1-3-15-19-21-17(23)13-11-9-7-5-6-8-10-12-14-18(24)22-20-16-4-2/h15-16H,3-14H2,1-2H3,(H,21,23)(H,22,24)/b19-15+,20-16+. The molecule has 0 rings (SSSR count). The molecule has 0 aromatic rings. The number of carbonyl (C=O) groups excluding carboxylic acids is 2. The number of amides is 2. The van der Waals surface area contributed by atoms with E-state index in [4.69, 9.17) is 0 Å². The lowest BCUT2D eigenvalue weighted by molar-refractivity contribution is -0.122. The van der Waals surface area contributed by atoms with Crippen LogP contribution in [0.5, 0.6) is 0 Å². The van der Waals surface area contributed by atoms with E-state index in [2.05, 4.69) is 21.1 Å². The Morgan fingerprint density at radius 2 is 1.00 bits per heavy atom. The maximum atomic E-state index is 11.4. The third kappa shape index (κ3) is 16.6. The second-order valence-corrected chi connectivity index (χ2v) is 5.84. The van der Waals surface area contributed by atoms with Crippen molar-refractivity contribution in [2.24, 2.45) is 10.2 Å². The first-order valence-electron chi connectivity index (χ1n) is 9.31. The fourth-order valence-corrected chi connectivity index (χ4v) is 2.16. The zero-order valence-corrected chi connectivity index (χ0v) is 15.4. The van der Waals surface area contributed by atoms with Crippen molar-refractivity contribution in [2.75, 3.05) is 0 Å². The van der Waals surface area contributed by atoms with Gasteiger partial charge in [0.2, 0.25) is 11.8 Å². The van der Waals surface area contributed by atoms with Crippen LogP contribution in [-0.2, 0) is 9.59 Å². The van der Waals surface area contributed by atoms with Gasteiger partial charge in [0.25, 0.3) is 0 Å². The zero-order chi connectivity index (χ0) is 17.9. The smallest absolute Gasteiger partial charge is 0.240 e. The minimum absolute atomic E-state index is 0.00116. The molecular formula is C18H34N4O2. The third-order valence-electron chi connectivity index (χ3n) is 3.48. The molecular weight excluding hydrogens is 304 g/mol. The maximum Gasteiger partial charge on any atom is 0.240 e. The molecule has 0 aliphatic heterocycles. The summed E-state index contributed by atoms with van der Waals surface area (Å²) in [7, 11) is 0. The zero-order valence-electron chi connectivity index (χ0n) is 15.4. The first kappa shape index (κ1) is 22.3. The van der Waals surface area contributed by atoms with Gasteiger partial charge in [-0.25, -0.2) is 10.9 Å². The summed E-state index contributed by atoms with van der Waals surface area (Å²) in [6.45, 7) is 3.96. The van der Waals surface area contributed by atoms with E-state index in [1.54, 1.807) is 12.4 Å². The van der Waals surface area contributed by atoms with Crippen LogP contribution in [0.4, 0.5) is 0 Å². The van der Waals surface area contributed by atoms with Crippen molar-refractivity contribution in [3.05, 3.63) is 0 Å². The lowest BCUT2D eigenvalue weighted by atomic mass is 10.1. The summed E-state index contributed by atoms with van der Waals surface area (Å²) < 4.78 is 0. The number of hydrogen-bond donors (Lipinski definition) is 2. The van der Waals surface area contributed by atoms with Gasteiger partial charge in [0.1, 0.15) is 0 Å². The summed E-state index contributed by atoms with van der Waals surface area (Å²) in [4.78, 5) is 22.8. The number of nitrogens with zero attached hydrogens (tertiary/aromatic N) is 2. The average molecular weight is 338 g/mol. The number of hydrogen-bond acceptors (Lipinski definition) is 4. The molecule has 6 heteroatoms. The first-order chi connectivity index (χ1) is 11.7. The minimum Gasteiger partial charge on any atom is -0.273 e. The van der Waals surface area contributed by atoms with Gasteiger partial charge in [0.15, 0.2) is 0 Å². The van der Waals surface area contributed by atoms with Gasteiger partial charge in [0, 0.05) is 25.3 Å². The van der Waals surface area contributed by atoms with E-state index in [9.17, 15) is 9.59 Å². The summed E-state index contributed by atoms with van der Waals surface area (Å²) >= 11 is 0. The van der Waals surface area contributed by atoms with Gasteiger partial charge in [-0.2, -0.15) is 10.2 Å². The molecule has 0 aliphatic carbocycles. The van der Waals surface area contributed by atoms with Crippen molar-refractivity contribution in [3.63, 3.8) is 0 Å². The molecule has 0 spiro atoms. The number of rotatable bonds is 15. The molecule has 0 saturated carbocycles. The number of nitrogens with one attached hydrogen (secondary N) is 2. The highest BCUT2D eigenvalue weighted by molar-refractivity contribution is 5.77. The Bertz CT molecular complexity index is 345. The van der Waals surface area contributed by atoms with Gasteiger partial charge in [0.05, 0.1) is 0 Å². The average Bonchev–Trinajstić information content (AvgIpc) is 2.57. The molecule has 2 amide bonds. The molecule has 0 unspecified atom stereocenters. The topological polar surface area (TPSA) is 82.9 Å². The molecule has 0 aliphatic rings. The summed E-state index contributed by atoms with van der Waals surface area (Å²) in [6, 6.07) is 0. The van der Waals surface area contributed by atoms with Gasteiger partial charge in [-0.05, 0) is 25.7 Å². The van der Waals surface area contributed by atoms with E-state index in [-0.39, 0.29) is 11.8 Å². The molecule has 138 valence electrons. The summed E-state index contributed by atoms with van der Waals surface area (Å²) in [6.07, 6.45) is 14.9. The van der Waals surface area contributed by atoms with Crippen molar-refractivity contribution in [2.45, 2.75) is 90.9 Å². The van der Waals surface area contributed by atoms with Crippen molar-refractivity contribution < 1.29 is 9.59 Å². The minimum atomic E-state index is 0.00116. The van der Waals surface area contributed by atoms with Gasteiger partial charge in [-0.1, -0.05) is 52.4 Å². The first-order valence-corrected chi connectivity index (χ1v) is 9.31. The Morgan fingerprint density at radius 1 is 0.667 bits per heavy atom. The second kappa shape index (κ2) is 17.6. The summed E-state index contributed by atoms with van der Waals surface area (Å²) in [5.74, 6) is 0.00231. The van der Waals surface area contributed by atoms with Crippen LogP contribution in [0, 0.1) is 0 Å². The molecule has 0 radical (unpaired) electrons. The SMILES string of the molecule is CC/C=N/NC(=O)CCCCCCCCCCC(=O)N/N=C/CC. The molecule has 0 aromatic carbocycles. The normalized spacial score (nSPS) is 11.2. The van der Waals surface area contributed by atoms with E-state index in [1.165, 1.54) is 12.8 Å². The van der Waals surface area contributed by atoms with Gasteiger partial charge in [-0.15, -0.1) is 0 Å². The van der Waals surface area contributed by atoms with E-state index in [0.29, 0.717) is 12.8 Å². The molecule has 0 heterocycles. The van der Waals surface area contributed by atoms with Crippen molar-refractivity contribution >= 4 is 24.2 Å². The third-order valence-corrected chi connectivity index (χ3v) is 3.48. The molecule has 0 fully saturated rings. The predicted octanol–water partition coefficient (Wildman–Crippen LogP) is 3.91. The van der Waals surface area contributed by atoms with Crippen LogP contribution >= 0.6 is 0 Å². The number of unbranched alkanes of at least 4 members (excludes halogenated alkanes) is 7. The molecule has 0 saturated heterocycles. The van der Waals surface area contributed by atoms with Crippen LogP contribution in [0.25, 0.3) is 0 Å². The van der Waals surface area contributed by atoms with Crippen molar-refractivity contribution in [1.29, 1.82) is 0 Å². The monoisotopic (exact) mass is 338 g/mol. The van der Waals surface area contributed by atoms with Crippen LogP contribution in [0.3, 0.4) is 0 Å². The summed E-state index contributed by atoms with van der Waals surface area (Å²) in [5, 5.41) is 7.64. The van der Waals surface area contributed by atoms with Crippen LogP contribution in [0.2, 0.25) is 0 Å². The lowest BCUT2D eigenvalue weighted by Crippen LogP contribution is -2.16. The number of hydrazone groups is 2. The Kier molecular flexibility index (Phi) is 16.4. The Morgan fingerprint density at radius 3 is 1.33 bits per heavy atom. The predicted molar refractivity (Wildman–Crippen MR) is 100 cm³/mol. The van der Waals surface area contributed by atoms with E-state index in [1.807, 2.05) is 13.8 Å². The second-order valence-electron chi connectivity index (χ2n) is 5.84. The Labute approximate surface area is 146 Å². The fourth-order valence-electron chi connectivity index (χ4n) is 2.16. The molecule has 0 aromatic heterocycles. The Hall–Kier alpha value is -1.72. The van der Waals surface area contributed by atoms with Crippen LogP contribution in [-0.4, -0.2) is 24.2 Å². The highest BCUT2D eigenvalue weighted by atomic mass is 16.2. The maximum absolute atomic E-state index is 11.4. The van der Waals surface area contributed by atoms with Crippen LogP contribution in [0.15, 0.2) is 10.2 Å². The highest BCUT2D eigenvalue weighted by Crippen LogP contribution is 2.10. The molecule has 24 heavy (non-hydrogen) atoms. The molecule has 6 nitrogen and oxygen atoms in total. The van der Waals surface area contributed by atoms with Crippen molar-refractivity contribution in [3.8, 4) is 0 Å². The Balaban J connectivity index is 3.28. The highest BCUT2D eigenvalue weighted by Gasteiger charge is 2.00. The van der Waals surface area contributed by atoms with E-state index >= 15 is 0 Å². The van der Waals surface area contributed by atoms with Crippen LogP contribution < -0.4 is 10.9 Å². The molecule has 0 atom stereocenters. The fraction of sp³-hybridized carbons (Fsp3) is 0.778. The van der Waals surface area contributed by atoms with E-state index in [0.717, 1.165) is 51.4 Å². The quantitative estimate of drug-likeness (QED) is 0.269. The molecule has 0 bridgehead atoms. The van der Waals surface area contributed by atoms with Crippen LogP contribution in [0.1, 0.15) is 90.9 Å².